The van der Waals surface area contributed by atoms with Crippen LogP contribution in [0.25, 0.3) is 44.2 Å². The summed E-state index contributed by atoms with van der Waals surface area (Å²) in [6.45, 7) is 4.92. The third-order valence-corrected chi connectivity index (χ3v) is 10.8. The van der Waals surface area contributed by atoms with E-state index in [-0.39, 0.29) is 36.2 Å². The molecule has 2 aliphatic heterocycles. The van der Waals surface area contributed by atoms with E-state index in [9.17, 15) is 19.2 Å². The van der Waals surface area contributed by atoms with E-state index >= 15 is 0 Å². The van der Waals surface area contributed by atoms with Gasteiger partial charge in [-0.1, -0.05) is 44.2 Å². The summed E-state index contributed by atoms with van der Waals surface area (Å²) in [6, 6.07) is 16.7. The van der Waals surface area contributed by atoms with Crippen molar-refractivity contribution in [2.24, 2.45) is 5.92 Å². The summed E-state index contributed by atoms with van der Waals surface area (Å²) in [7, 11) is 2.53. The molecule has 0 aliphatic carbocycles. The van der Waals surface area contributed by atoms with Crippen LogP contribution >= 0.6 is 0 Å². The summed E-state index contributed by atoms with van der Waals surface area (Å²) in [4.78, 5) is 70.9. The highest BCUT2D eigenvalue weighted by atomic mass is 16.5. The molecule has 56 heavy (non-hydrogen) atoms. The molecule has 7 rings (SSSR count). The van der Waals surface area contributed by atoms with E-state index in [0.29, 0.717) is 18.9 Å². The van der Waals surface area contributed by atoms with Crippen LogP contribution in [0.2, 0.25) is 0 Å². The van der Waals surface area contributed by atoms with Crippen LogP contribution in [0, 0.1) is 18.3 Å². The average molecular weight is 759 g/mol. The van der Waals surface area contributed by atoms with Crippen LogP contribution in [0.1, 0.15) is 69.7 Å². The molecule has 2 fully saturated rings. The van der Waals surface area contributed by atoms with Gasteiger partial charge in [-0.2, -0.15) is 0 Å². The molecule has 2 aliphatic rings. The van der Waals surface area contributed by atoms with Crippen molar-refractivity contribution in [3.8, 4) is 34.7 Å². The molecule has 2 saturated heterocycles. The fourth-order valence-electron chi connectivity index (χ4n) is 7.84. The second kappa shape index (κ2) is 16.2. The topological polar surface area (TPSA) is 175 Å². The molecule has 2 aromatic heterocycles. The number of methoxy groups -OCH3 is 2. The zero-order chi connectivity index (χ0) is 39.5. The Morgan fingerprint density at radius 2 is 1.43 bits per heavy atom. The zero-order valence-corrected chi connectivity index (χ0v) is 31.9. The highest BCUT2D eigenvalue weighted by Crippen LogP contribution is 2.36. The van der Waals surface area contributed by atoms with E-state index < -0.39 is 24.3 Å². The number of aromatic amines is 2. The highest BCUT2D eigenvalue weighted by molar-refractivity contribution is 5.92. The standard InChI is InChI=1S/C42H46N8O6/c1-6-9-31(47-41(53)55-4)39(51)49-18-7-10-34(49)37-43-23-33(46-37)29-15-14-25-20-26(12-13-27(25)21-29)28-16-17-30-32(22-28)45-38(44-30)35-11-8-19-50(35)40(52)36(24(2)3)48-42(54)56-5/h1,12-17,20-24,31,34-36H,7-11,18-19H2,2-5H3,(H,43,46)(H,44,45)(H,47,53)(H,48,54)/t31-,34-,35-,36-/m0/s1. The van der Waals surface area contributed by atoms with Crippen LogP contribution in [-0.2, 0) is 19.1 Å². The zero-order valence-electron chi connectivity index (χ0n) is 31.9. The first-order chi connectivity index (χ1) is 27.1. The minimum absolute atomic E-state index is 0.0552. The monoisotopic (exact) mass is 758 g/mol. The Balaban J connectivity index is 1.07. The van der Waals surface area contributed by atoms with Gasteiger partial charge in [-0.25, -0.2) is 19.6 Å². The van der Waals surface area contributed by atoms with Crippen LogP contribution in [-0.4, -0.2) is 93.1 Å². The number of aromatic nitrogens is 4. The Morgan fingerprint density at radius 1 is 0.821 bits per heavy atom. The van der Waals surface area contributed by atoms with Crippen molar-refractivity contribution >= 4 is 45.8 Å². The van der Waals surface area contributed by atoms with Crippen LogP contribution in [0.15, 0.2) is 60.8 Å². The van der Waals surface area contributed by atoms with E-state index in [4.69, 9.17) is 20.9 Å². The predicted octanol–water partition coefficient (Wildman–Crippen LogP) is 6.23. The molecular weight excluding hydrogens is 713 g/mol. The summed E-state index contributed by atoms with van der Waals surface area (Å²) in [6.07, 6.45) is 9.16. The number of ether oxygens (including phenoxy) is 2. The molecule has 0 radical (unpaired) electrons. The highest BCUT2D eigenvalue weighted by Gasteiger charge is 2.38. The van der Waals surface area contributed by atoms with E-state index in [1.807, 2.05) is 30.9 Å². The van der Waals surface area contributed by atoms with Crippen molar-refractivity contribution < 1.29 is 28.7 Å². The maximum atomic E-state index is 13.6. The minimum atomic E-state index is -0.881. The first-order valence-corrected chi connectivity index (χ1v) is 18.9. The number of carbonyl (C=O) groups excluding carboxylic acids is 4. The molecular formula is C42H46N8O6. The average Bonchev–Trinajstić information content (AvgIpc) is 4.04. The Bertz CT molecular complexity index is 2320. The molecule has 4 amide bonds. The van der Waals surface area contributed by atoms with E-state index in [1.54, 1.807) is 11.1 Å². The van der Waals surface area contributed by atoms with Crippen molar-refractivity contribution in [1.82, 2.24) is 40.4 Å². The number of nitrogens with zero attached hydrogens (tertiary/aromatic N) is 4. The van der Waals surface area contributed by atoms with Crippen LogP contribution in [0.3, 0.4) is 0 Å². The second-order valence-electron chi connectivity index (χ2n) is 14.6. The number of hydrogen-bond acceptors (Lipinski definition) is 8. The Hall–Kier alpha value is -6.36. The van der Waals surface area contributed by atoms with Crippen molar-refractivity contribution in [1.29, 1.82) is 0 Å². The Kier molecular flexibility index (Phi) is 10.9. The lowest BCUT2D eigenvalue weighted by Gasteiger charge is -2.29. The van der Waals surface area contributed by atoms with Gasteiger partial charge in [-0.3, -0.25) is 9.59 Å². The SMILES string of the molecule is C#CC[C@H](NC(=O)OC)C(=O)N1CCC[C@H]1c1ncc(-c2ccc3cc(-c4ccc5nc([C@@H]6CCCN6C(=O)[C@@H](NC(=O)OC)C(C)C)[nH]c5c4)ccc3c2)[nH]1. The number of H-pyrrole nitrogens is 2. The number of alkyl carbamates (subject to hydrolysis) is 2. The van der Waals surface area contributed by atoms with E-state index in [2.05, 4.69) is 74.0 Å². The largest absolute Gasteiger partial charge is 0.453 e. The summed E-state index contributed by atoms with van der Waals surface area (Å²) in [5, 5.41) is 7.39. The first-order valence-electron chi connectivity index (χ1n) is 18.9. The lowest BCUT2D eigenvalue weighted by Crippen LogP contribution is -2.51. The molecule has 4 N–H and O–H groups in total. The van der Waals surface area contributed by atoms with Crippen molar-refractivity contribution in [2.75, 3.05) is 27.3 Å². The number of carbonyl (C=O) groups is 4. The molecule has 4 heterocycles. The van der Waals surface area contributed by atoms with Gasteiger partial charge >= 0.3 is 12.2 Å². The van der Waals surface area contributed by atoms with Gasteiger partial charge in [0.15, 0.2) is 0 Å². The molecule has 0 saturated carbocycles. The predicted molar refractivity (Wildman–Crippen MR) is 211 cm³/mol. The fourth-order valence-corrected chi connectivity index (χ4v) is 7.84. The fraction of sp³-hybridized carbons (Fsp3) is 0.381. The summed E-state index contributed by atoms with van der Waals surface area (Å²) < 4.78 is 9.46. The van der Waals surface area contributed by atoms with Crippen LogP contribution in [0.4, 0.5) is 9.59 Å². The van der Waals surface area contributed by atoms with E-state index in [1.165, 1.54) is 14.2 Å². The number of fused-ring (bicyclic) bond motifs is 2. The summed E-state index contributed by atoms with van der Waals surface area (Å²) in [5.74, 6) is 3.36. The van der Waals surface area contributed by atoms with Gasteiger partial charge in [-0.15, -0.1) is 12.3 Å². The smallest absolute Gasteiger partial charge is 0.407 e. The number of benzene rings is 3. The van der Waals surface area contributed by atoms with E-state index in [0.717, 1.165) is 75.7 Å². The lowest BCUT2D eigenvalue weighted by atomic mass is 9.99. The molecule has 14 heteroatoms. The Labute approximate surface area is 324 Å². The third-order valence-electron chi connectivity index (χ3n) is 10.8. The van der Waals surface area contributed by atoms with Gasteiger partial charge in [0.2, 0.25) is 11.8 Å². The van der Waals surface area contributed by atoms with Gasteiger partial charge in [-0.05, 0) is 77.8 Å². The Morgan fingerprint density at radius 3 is 2.11 bits per heavy atom. The summed E-state index contributed by atoms with van der Waals surface area (Å²) >= 11 is 0. The molecule has 290 valence electrons. The van der Waals surface area contributed by atoms with Crippen LogP contribution < -0.4 is 10.6 Å². The number of nitrogens with one attached hydrogen (secondary N) is 4. The maximum absolute atomic E-state index is 13.6. The third kappa shape index (κ3) is 7.62. The number of imidazole rings is 2. The molecule has 0 bridgehead atoms. The van der Waals surface area contributed by atoms with Crippen molar-refractivity contribution in [2.45, 2.75) is 70.1 Å². The molecule has 0 spiro atoms. The van der Waals surface area contributed by atoms with Gasteiger partial charge < -0.3 is 39.9 Å². The minimum Gasteiger partial charge on any atom is -0.453 e. The normalized spacial score (nSPS) is 17.9. The second-order valence-corrected chi connectivity index (χ2v) is 14.6. The van der Waals surface area contributed by atoms with Gasteiger partial charge in [0, 0.05) is 25.1 Å². The number of likely N-dealkylation sites (tertiary alicyclic amines) is 2. The number of terminal acetylenes is 1. The van der Waals surface area contributed by atoms with Gasteiger partial charge in [0.1, 0.15) is 23.7 Å². The van der Waals surface area contributed by atoms with Gasteiger partial charge in [0.25, 0.3) is 0 Å². The molecule has 14 nitrogen and oxygen atoms in total. The molecule has 5 aromatic rings. The van der Waals surface area contributed by atoms with Crippen molar-refractivity contribution in [3.05, 3.63) is 72.4 Å². The first kappa shape index (κ1) is 37.9. The number of hydrogen-bond donors (Lipinski definition) is 4. The number of rotatable bonds is 10. The maximum Gasteiger partial charge on any atom is 0.407 e. The van der Waals surface area contributed by atoms with Gasteiger partial charge in [0.05, 0.1) is 49.2 Å². The molecule has 3 aromatic carbocycles. The molecule has 4 atom stereocenters. The number of amides is 4. The summed E-state index contributed by atoms with van der Waals surface area (Å²) in [5.41, 5.74) is 5.57. The van der Waals surface area contributed by atoms with Crippen LogP contribution in [0.5, 0.6) is 0 Å². The lowest BCUT2D eigenvalue weighted by molar-refractivity contribution is -0.135. The molecule has 0 unspecified atom stereocenters. The quantitative estimate of drug-likeness (QED) is 0.121. The van der Waals surface area contributed by atoms with Crippen molar-refractivity contribution in [3.63, 3.8) is 0 Å².